The quantitative estimate of drug-likeness (QED) is 0.633. The van der Waals surface area contributed by atoms with E-state index in [4.69, 9.17) is 14.9 Å². The van der Waals surface area contributed by atoms with Gasteiger partial charge in [0.15, 0.2) is 11.7 Å². The summed E-state index contributed by atoms with van der Waals surface area (Å²) in [5.41, 5.74) is 6.14. The number of nitrogens with one attached hydrogen (secondary N) is 1. The zero-order valence-electron chi connectivity index (χ0n) is 13.2. The molecular formula is C16H17N3O5. The average molecular weight is 331 g/mol. The summed E-state index contributed by atoms with van der Waals surface area (Å²) in [6.45, 7) is 3.34. The van der Waals surface area contributed by atoms with E-state index in [9.17, 15) is 14.4 Å². The molecule has 2 aromatic rings. The minimum atomic E-state index is -1.14. The molecule has 2 rings (SSSR count). The van der Waals surface area contributed by atoms with Crippen LogP contribution in [0.15, 0.2) is 34.8 Å². The topological polar surface area (TPSA) is 125 Å². The zero-order chi connectivity index (χ0) is 17.7. The molecule has 126 valence electrons. The highest BCUT2D eigenvalue weighted by Crippen LogP contribution is 2.15. The predicted octanol–water partition coefficient (Wildman–Crippen LogP) is 1.60. The lowest BCUT2D eigenvalue weighted by atomic mass is 10.1. The summed E-state index contributed by atoms with van der Waals surface area (Å²) in [7, 11) is 0. The molecule has 0 fully saturated rings. The smallest absolute Gasteiger partial charge is 0.331 e. The molecule has 0 spiro atoms. The van der Waals surface area contributed by atoms with Gasteiger partial charge in [0.25, 0.3) is 5.91 Å². The van der Waals surface area contributed by atoms with Gasteiger partial charge < -0.3 is 14.9 Å². The van der Waals surface area contributed by atoms with Gasteiger partial charge in [-0.05, 0) is 18.1 Å². The zero-order valence-corrected chi connectivity index (χ0v) is 13.2. The van der Waals surface area contributed by atoms with Crippen LogP contribution in [0.4, 0.5) is 4.79 Å². The molecule has 24 heavy (non-hydrogen) atoms. The maximum Gasteiger partial charge on any atom is 0.331 e. The number of carbonyl (C=O) groups excluding carboxylic acids is 3. The summed E-state index contributed by atoms with van der Waals surface area (Å²) >= 11 is 0. The number of fused-ring (bicyclic) bond motifs is 1. The van der Waals surface area contributed by atoms with Gasteiger partial charge in [-0.25, -0.2) is 14.6 Å². The van der Waals surface area contributed by atoms with Crippen LogP contribution in [-0.4, -0.2) is 29.0 Å². The van der Waals surface area contributed by atoms with Crippen molar-refractivity contribution in [1.29, 1.82) is 0 Å². The van der Waals surface area contributed by atoms with Crippen molar-refractivity contribution in [3.63, 3.8) is 0 Å². The predicted molar refractivity (Wildman–Crippen MR) is 85.5 cm³/mol. The Morgan fingerprint density at radius 1 is 1.29 bits per heavy atom. The Bertz CT molecular complexity index is 761. The molecule has 1 heterocycles. The maximum atomic E-state index is 11.9. The molecule has 0 aliphatic rings. The second kappa shape index (κ2) is 7.40. The van der Waals surface area contributed by atoms with Crippen molar-refractivity contribution in [3.8, 4) is 0 Å². The molecule has 3 amide bonds. The Morgan fingerprint density at radius 2 is 2.00 bits per heavy atom. The number of carbonyl (C=O) groups is 3. The van der Waals surface area contributed by atoms with Gasteiger partial charge in [0.05, 0.1) is 0 Å². The number of benzene rings is 1. The second-order valence-electron chi connectivity index (χ2n) is 5.31. The number of para-hydroxylation sites is 2. The van der Waals surface area contributed by atoms with Gasteiger partial charge in [-0.3, -0.25) is 10.1 Å². The Hall–Kier alpha value is -3.16. The summed E-state index contributed by atoms with van der Waals surface area (Å²) in [4.78, 5) is 38.5. The molecule has 0 radical (unpaired) electrons. The highest BCUT2D eigenvalue weighted by molar-refractivity contribution is 5.97. The molecular weight excluding hydrogens is 314 g/mol. The minimum absolute atomic E-state index is 0.232. The fourth-order valence-corrected chi connectivity index (χ4v) is 1.95. The standard InChI is InChI=1S/C16H17N3O5/c1-9(2)14(15(21)19-16(17)22)24-13(20)8-7-12-18-10-5-3-4-6-11(10)23-12/h3-9,14H,1-2H3,(H3,17,19,21,22)/b8-7+/t14-/m0/s1. The van der Waals surface area contributed by atoms with E-state index in [-0.39, 0.29) is 11.8 Å². The van der Waals surface area contributed by atoms with Gasteiger partial charge in [0.1, 0.15) is 5.52 Å². The molecule has 0 unspecified atom stereocenters. The first-order valence-corrected chi connectivity index (χ1v) is 7.21. The average Bonchev–Trinajstić information content (AvgIpc) is 2.92. The van der Waals surface area contributed by atoms with E-state index in [1.54, 1.807) is 32.0 Å². The maximum absolute atomic E-state index is 11.9. The van der Waals surface area contributed by atoms with Gasteiger partial charge in [0.2, 0.25) is 5.89 Å². The first-order chi connectivity index (χ1) is 11.4. The molecule has 0 saturated heterocycles. The molecule has 1 aromatic heterocycles. The lowest BCUT2D eigenvalue weighted by Gasteiger charge is -2.18. The van der Waals surface area contributed by atoms with Crippen LogP contribution in [-0.2, 0) is 14.3 Å². The van der Waals surface area contributed by atoms with Crippen LogP contribution in [0.2, 0.25) is 0 Å². The monoisotopic (exact) mass is 331 g/mol. The molecule has 1 aromatic carbocycles. The molecule has 3 N–H and O–H groups in total. The van der Waals surface area contributed by atoms with E-state index < -0.39 is 24.0 Å². The van der Waals surface area contributed by atoms with Gasteiger partial charge in [-0.15, -0.1) is 0 Å². The molecule has 0 saturated carbocycles. The van der Waals surface area contributed by atoms with E-state index in [1.807, 2.05) is 11.4 Å². The number of amides is 3. The second-order valence-corrected chi connectivity index (χ2v) is 5.31. The van der Waals surface area contributed by atoms with Crippen molar-refractivity contribution in [1.82, 2.24) is 10.3 Å². The Balaban J connectivity index is 2.04. The van der Waals surface area contributed by atoms with Crippen molar-refractivity contribution in [2.45, 2.75) is 20.0 Å². The number of rotatable bonds is 5. The van der Waals surface area contributed by atoms with Crippen LogP contribution in [0.3, 0.4) is 0 Å². The summed E-state index contributed by atoms with van der Waals surface area (Å²) in [5, 5.41) is 1.89. The SMILES string of the molecule is CC(C)[C@H](OC(=O)/C=C/c1nc2ccccc2o1)C(=O)NC(N)=O. The van der Waals surface area contributed by atoms with Crippen LogP contribution < -0.4 is 11.1 Å². The number of esters is 1. The molecule has 0 bridgehead atoms. The summed E-state index contributed by atoms with van der Waals surface area (Å²) < 4.78 is 10.5. The lowest BCUT2D eigenvalue weighted by Crippen LogP contribution is -2.45. The number of hydrogen-bond acceptors (Lipinski definition) is 6. The third kappa shape index (κ3) is 4.42. The van der Waals surface area contributed by atoms with Crippen LogP contribution in [0.25, 0.3) is 17.2 Å². The molecule has 8 heteroatoms. The molecule has 0 aliphatic carbocycles. The van der Waals surface area contributed by atoms with Crippen LogP contribution in [0.5, 0.6) is 0 Å². The first-order valence-electron chi connectivity index (χ1n) is 7.21. The van der Waals surface area contributed by atoms with Crippen molar-refractivity contribution < 1.29 is 23.5 Å². The van der Waals surface area contributed by atoms with Crippen molar-refractivity contribution in [3.05, 3.63) is 36.2 Å². The number of aromatic nitrogens is 1. The normalized spacial score (nSPS) is 12.5. The number of hydrogen-bond donors (Lipinski definition) is 2. The third-order valence-corrected chi connectivity index (χ3v) is 3.03. The Morgan fingerprint density at radius 3 is 2.62 bits per heavy atom. The van der Waals surface area contributed by atoms with Gasteiger partial charge >= 0.3 is 12.0 Å². The first kappa shape index (κ1) is 17.2. The summed E-state index contributed by atoms with van der Waals surface area (Å²) in [6, 6.07) is 6.14. The van der Waals surface area contributed by atoms with E-state index in [2.05, 4.69) is 4.98 Å². The molecule has 8 nitrogen and oxygen atoms in total. The van der Waals surface area contributed by atoms with Gasteiger partial charge in [-0.2, -0.15) is 0 Å². The van der Waals surface area contributed by atoms with Crippen molar-refractivity contribution in [2.24, 2.45) is 11.7 Å². The minimum Gasteiger partial charge on any atom is -0.449 e. The van der Waals surface area contributed by atoms with Crippen LogP contribution >= 0.6 is 0 Å². The van der Waals surface area contributed by atoms with E-state index in [1.165, 1.54) is 6.08 Å². The number of nitrogens with zero attached hydrogens (tertiary/aromatic N) is 1. The number of imide groups is 1. The van der Waals surface area contributed by atoms with Crippen LogP contribution in [0.1, 0.15) is 19.7 Å². The number of primary amides is 1. The number of urea groups is 1. The highest BCUT2D eigenvalue weighted by Gasteiger charge is 2.26. The molecule has 0 aliphatic heterocycles. The summed E-state index contributed by atoms with van der Waals surface area (Å²) in [5.74, 6) is -1.65. The molecule has 1 atom stereocenters. The number of ether oxygens (including phenoxy) is 1. The van der Waals surface area contributed by atoms with Crippen molar-refractivity contribution in [2.75, 3.05) is 0 Å². The summed E-state index contributed by atoms with van der Waals surface area (Å²) in [6.07, 6.45) is 1.29. The fraction of sp³-hybridized carbons (Fsp3) is 0.250. The van der Waals surface area contributed by atoms with Gasteiger partial charge in [-0.1, -0.05) is 26.0 Å². The van der Waals surface area contributed by atoms with Crippen molar-refractivity contribution >= 4 is 35.1 Å². The Kier molecular flexibility index (Phi) is 5.31. The van der Waals surface area contributed by atoms with E-state index >= 15 is 0 Å². The van der Waals surface area contributed by atoms with E-state index in [0.717, 1.165) is 6.08 Å². The number of oxazole rings is 1. The van der Waals surface area contributed by atoms with Crippen LogP contribution in [0, 0.1) is 5.92 Å². The van der Waals surface area contributed by atoms with E-state index in [0.29, 0.717) is 11.1 Å². The highest BCUT2D eigenvalue weighted by atomic mass is 16.5. The fourth-order valence-electron chi connectivity index (χ4n) is 1.95. The number of nitrogens with two attached hydrogens (primary N) is 1. The Labute approximate surface area is 137 Å². The third-order valence-electron chi connectivity index (χ3n) is 3.03. The van der Waals surface area contributed by atoms with Gasteiger partial charge in [0, 0.05) is 12.2 Å². The largest absolute Gasteiger partial charge is 0.449 e. The lowest BCUT2D eigenvalue weighted by molar-refractivity contribution is -0.153.